The van der Waals surface area contributed by atoms with Gasteiger partial charge >= 0.3 is 5.97 Å². The topological polar surface area (TPSA) is 84.7 Å². The van der Waals surface area contributed by atoms with E-state index in [1.807, 2.05) is 17.9 Å². The molecule has 0 saturated carbocycles. The molecular formula is C14H21N3O3. The van der Waals surface area contributed by atoms with Gasteiger partial charge in [-0.1, -0.05) is 0 Å². The molecule has 1 rings (SSSR count). The van der Waals surface area contributed by atoms with Gasteiger partial charge in [-0.05, 0) is 32.0 Å². The van der Waals surface area contributed by atoms with Gasteiger partial charge in [0.25, 0.3) is 0 Å². The number of amides is 1. The van der Waals surface area contributed by atoms with Crippen LogP contribution in [-0.2, 0) is 14.3 Å². The molecule has 6 heteroatoms. The quantitative estimate of drug-likeness (QED) is 0.610. The van der Waals surface area contributed by atoms with E-state index >= 15 is 0 Å². The van der Waals surface area contributed by atoms with Gasteiger partial charge in [0, 0.05) is 19.2 Å². The van der Waals surface area contributed by atoms with Gasteiger partial charge in [-0.2, -0.15) is 0 Å². The number of nitrogens with one attached hydrogen (secondary N) is 1. The number of esters is 1. The molecule has 0 atom stereocenters. The van der Waals surface area contributed by atoms with Gasteiger partial charge in [0.05, 0.1) is 18.0 Å². The molecule has 0 aromatic heterocycles. The third-order valence-corrected chi connectivity index (χ3v) is 2.72. The molecule has 1 amide bonds. The highest BCUT2D eigenvalue weighted by Gasteiger charge is 2.12. The molecule has 0 unspecified atom stereocenters. The number of hydrogen-bond donors (Lipinski definition) is 2. The SMILES string of the molecule is CCOC(=O)CN(CC)c1ccc(N)c(NC(C)=O)c1. The monoisotopic (exact) mass is 279 g/mol. The number of carbonyl (C=O) groups excluding carboxylic acids is 2. The number of ether oxygens (including phenoxy) is 1. The predicted octanol–water partition coefficient (Wildman–Crippen LogP) is 1.62. The van der Waals surface area contributed by atoms with E-state index in [1.165, 1.54) is 6.92 Å². The number of carbonyl (C=O) groups is 2. The fraction of sp³-hybridized carbons (Fsp3) is 0.429. The summed E-state index contributed by atoms with van der Waals surface area (Å²) in [5.41, 5.74) is 7.63. The van der Waals surface area contributed by atoms with E-state index in [-0.39, 0.29) is 18.4 Å². The van der Waals surface area contributed by atoms with Crippen molar-refractivity contribution < 1.29 is 14.3 Å². The second-order valence-electron chi connectivity index (χ2n) is 4.27. The summed E-state index contributed by atoms with van der Waals surface area (Å²) in [6.07, 6.45) is 0. The lowest BCUT2D eigenvalue weighted by atomic mass is 10.2. The molecule has 0 heterocycles. The molecule has 0 saturated heterocycles. The van der Waals surface area contributed by atoms with Crippen LogP contribution >= 0.6 is 0 Å². The standard InChI is InChI=1S/C14H21N3O3/c1-4-17(9-14(19)20-5-2)11-6-7-12(15)13(8-11)16-10(3)18/h6-8H,4-5,9,15H2,1-3H3,(H,16,18). The molecule has 1 aromatic rings. The number of nitrogen functional groups attached to an aromatic ring is 1. The molecule has 0 aliphatic rings. The average Bonchev–Trinajstić information content (AvgIpc) is 2.38. The third kappa shape index (κ3) is 4.46. The first-order valence-corrected chi connectivity index (χ1v) is 6.55. The maximum absolute atomic E-state index is 11.6. The highest BCUT2D eigenvalue weighted by molar-refractivity contribution is 5.93. The largest absolute Gasteiger partial charge is 0.465 e. The van der Waals surface area contributed by atoms with Crippen LogP contribution in [0.4, 0.5) is 17.1 Å². The summed E-state index contributed by atoms with van der Waals surface area (Å²) in [6, 6.07) is 5.26. The van der Waals surface area contributed by atoms with Crippen LogP contribution in [0.1, 0.15) is 20.8 Å². The normalized spacial score (nSPS) is 9.95. The van der Waals surface area contributed by atoms with Crippen molar-refractivity contribution in [3.63, 3.8) is 0 Å². The van der Waals surface area contributed by atoms with E-state index in [4.69, 9.17) is 10.5 Å². The Labute approximate surface area is 118 Å². The summed E-state index contributed by atoms with van der Waals surface area (Å²) in [6.45, 7) is 6.29. The second-order valence-corrected chi connectivity index (χ2v) is 4.27. The lowest BCUT2D eigenvalue weighted by molar-refractivity contribution is -0.141. The van der Waals surface area contributed by atoms with Gasteiger partial charge in [-0.15, -0.1) is 0 Å². The Balaban J connectivity index is 2.92. The number of benzene rings is 1. The number of nitrogens with two attached hydrogens (primary N) is 1. The predicted molar refractivity (Wildman–Crippen MR) is 79.7 cm³/mol. The van der Waals surface area contributed by atoms with Crippen LogP contribution in [0, 0.1) is 0 Å². The first kappa shape index (κ1) is 15.8. The maximum Gasteiger partial charge on any atom is 0.325 e. The number of nitrogens with zero attached hydrogens (tertiary/aromatic N) is 1. The molecule has 0 spiro atoms. The van der Waals surface area contributed by atoms with Crippen molar-refractivity contribution in [2.45, 2.75) is 20.8 Å². The Morgan fingerprint density at radius 2 is 2.05 bits per heavy atom. The van der Waals surface area contributed by atoms with Gasteiger partial charge in [0.1, 0.15) is 6.54 Å². The zero-order chi connectivity index (χ0) is 15.1. The van der Waals surface area contributed by atoms with Crippen molar-refractivity contribution in [1.82, 2.24) is 0 Å². The lowest BCUT2D eigenvalue weighted by Gasteiger charge is -2.23. The molecule has 1 aromatic carbocycles. The van der Waals surface area contributed by atoms with Crippen molar-refractivity contribution in [3.05, 3.63) is 18.2 Å². The van der Waals surface area contributed by atoms with Crippen molar-refractivity contribution in [3.8, 4) is 0 Å². The van der Waals surface area contributed by atoms with Crippen LogP contribution in [0.25, 0.3) is 0 Å². The van der Waals surface area contributed by atoms with E-state index in [9.17, 15) is 9.59 Å². The number of rotatable bonds is 6. The molecule has 0 aliphatic carbocycles. The van der Waals surface area contributed by atoms with E-state index in [1.54, 1.807) is 19.1 Å². The minimum atomic E-state index is -0.285. The first-order chi connectivity index (χ1) is 9.47. The number of hydrogen-bond acceptors (Lipinski definition) is 5. The summed E-state index contributed by atoms with van der Waals surface area (Å²) in [5.74, 6) is -0.477. The smallest absolute Gasteiger partial charge is 0.325 e. The number of anilines is 3. The minimum absolute atomic E-state index is 0.160. The van der Waals surface area contributed by atoms with Crippen LogP contribution in [0.2, 0.25) is 0 Å². The summed E-state index contributed by atoms with van der Waals surface area (Å²) < 4.78 is 4.94. The Morgan fingerprint density at radius 1 is 1.35 bits per heavy atom. The lowest BCUT2D eigenvalue weighted by Crippen LogP contribution is -2.30. The van der Waals surface area contributed by atoms with E-state index in [0.717, 1.165) is 5.69 Å². The summed E-state index contributed by atoms with van der Waals surface area (Å²) in [4.78, 5) is 24.5. The Kier molecular flexibility index (Phi) is 5.83. The molecule has 0 radical (unpaired) electrons. The van der Waals surface area contributed by atoms with Crippen LogP contribution < -0.4 is 16.0 Å². The molecule has 0 fully saturated rings. The third-order valence-electron chi connectivity index (χ3n) is 2.72. The fourth-order valence-electron chi connectivity index (χ4n) is 1.79. The van der Waals surface area contributed by atoms with Gasteiger partial charge in [-0.3, -0.25) is 9.59 Å². The van der Waals surface area contributed by atoms with Crippen LogP contribution in [0.5, 0.6) is 0 Å². The van der Waals surface area contributed by atoms with Gasteiger partial charge in [-0.25, -0.2) is 0 Å². The Bertz CT molecular complexity index is 489. The van der Waals surface area contributed by atoms with Crippen LogP contribution in [0.3, 0.4) is 0 Å². The van der Waals surface area contributed by atoms with Gasteiger partial charge in [0.15, 0.2) is 0 Å². The molecular weight excluding hydrogens is 258 g/mol. The Hall–Kier alpha value is -2.24. The highest BCUT2D eigenvalue weighted by Crippen LogP contribution is 2.25. The molecule has 110 valence electrons. The second kappa shape index (κ2) is 7.37. The van der Waals surface area contributed by atoms with Gasteiger partial charge in [0.2, 0.25) is 5.91 Å². The molecule has 6 nitrogen and oxygen atoms in total. The van der Waals surface area contributed by atoms with Crippen molar-refractivity contribution in [2.24, 2.45) is 0 Å². The Morgan fingerprint density at radius 3 is 2.60 bits per heavy atom. The van der Waals surface area contributed by atoms with Crippen molar-refractivity contribution >= 4 is 28.9 Å². The maximum atomic E-state index is 11.6. The van der Waals surface area contributed by atoms with Crippen molar-refractivity contribution in [2.75, 3.05) is 35.6 Å². The molecule has 20 heavy (non-hydrogen) atoms. The molecule has 0 aliphatic heterocycles. The van der Waals surface area contributed by atoms with E-state index in [0.29, 0.717) is 24.5 Å². The van der Waals surface area contributed by atoms with Gasteiger partial charge < -0.3 is 20.7 Å². The van der Waals surface area contributed by atoms with Crippen molar-refractivity contribution in [1.29, 1.82) is 0 Å². The average molecular weight is 279 g/mol. The van der Waals surface area contributed by atoms with E-state index < -0.39 is 0 Å². The summed E-state index contributed by atoms with van der Waals surface area (Å²) in [5, 5.41) is 2.66. The van der Waals surface area contributed by atoms with E-state index in [2.05, 4.69) is 5.32 Å². The van der Waals surface area contributed by atoms with Crippen LogP contribution in [-0.4, -0.2) is 31.6 Å². The van der Waals surface area contributed by atoms with Crippen LogP contribution in [0.15, 0.2) is 18.2 Å². The zero-order valence-corrected chi connectivity index (χ0v) is 12.1. The summed E-state index contributed by atoms with van der Waals surface area (Å²) >= 11 is 0. The first-order valence-electron chi connectivity index (χ1n) is 6.55. The fourth-order valence-corrected chi connectivity index (χ4v) is 1.79. The summed E-state index contributed by atoms with van der Waals surface area (Å²) in [7, 11) is 0. The zero-order valence-electron chi connectivity index (χ0n) is 12.1. The molecule has 0 bridgehead atoms. The highest BCUT2D eigenvalue weighted by atomic mass is 16.5. The number of likely N-dealkylation sites (N-methyl/N-ethyl adjacent to an activating group) is 1. The molecule has 3 N–H and O–H groups in total. The minimum Gasteiger partial charge on any atom is -0.465 e.